The second kappa shape index (κ2) is 29.1. The lowest BCUT2D eigenvalue weighted by molar-refractivity contribution is -0.136. The van der Waals surface area contributed by atoms with Gasteiger partial charge in [0.1, 0.15) is 11.5 Å². The number of halogens is 3. The van der Waals surface area contributed by atoms with Crippen LogP contribution in [0.2, 0.25) is 0 Å². The van der Waals surface area contributed by atoms with Crippen molar-refractivity contribution in [2.75, 3.05) is 26.9 Å². The number of carbonyl (C=O) groups is 2. The van der Waals surface area contributed by atoms with E-state index in [1.54, 1.807) is 5.57 Å². The number of ether oxygens (including phenoxy) is 2. The number of hydrogen-bond acceptors (Lipinski definition) is 8. The van der Waals surface area contributed by atoms with Gasteiger partial charge in [0, 0.05) is 38.0 Å². The van der Waals surface area contributed by atoms with Crippen LogP contribution in [0.1, 0.15) is 167 Å². The van der Waals surface area contributed by atoms with E-state index in [0.29, 0.717) is 18.6 Å². The third-order valence-corrected chi connectivity index (χ3v) is 11.1. The Morgan fingerprint density at radius 2 is 1.10 bits per heavy atom. The van der Waals surface area contributed by atoms with Crippen LogP contribution in [0.15, 0.2) is 79.7 Å². The zero-order valence-corrected chi connectivity index (χ0v) is 36.1. The van der Waals surface area contributed by atoms with E-state index in [1.807, 2.05) is 19.9 Å². The number of carbonyl (C=O) groups excluding carboxylic acids is 2. The number of alkyl halides is 3. The minimum absolute atomic E-state index is 0. The fourth-order valence-corrected chi connectivity index (χ4v) is 6.69. The molecule has 0 amide bonds. The standard InChI is InChI=1S/C11H16O2.C10H13F3O3S.C10H16O.C9H14O.C4H8O.2CH4/c1-8(2)9-4-6-10(7-5-9)11(12)13-3;1-7(2)8-3-5-9(6-4-8)16-17(14,15)10(11,12)13;1-8(2)10-5-3-9(7-11)4-6-10;1-7(2)8-3-5-9(10)6-4-8;1-2-4-5-3-1;;/h6H,4-5,7H2,1-3H3;5H,3-4,6H2,1-2H3;3,11H,4-7H2,1-2H3;3-6H2,1-2H3;1-4H2;2*1H4. The smallest absolute Gasteiger partial charge is 0.466 e. The SMILES string of the molecule is C.C.C1CCOC1.CC(C)=C1CC=C(CO)CC1.CC(C)=C1CC=C(OS(=O)(=O)C(F)(F)F)CC1.CC(C)=C1CCC(=O)CC1.COC(=O)C1=CCC(=C(C)C)CC1. The average Bonchev–Trinajstić information content (AvgIpc) is 3.76. The molecule has 0 spiro atoms. The maximum Gasteiger partial charge on any atom is 0.534 e. The Kier molecular flexibility index (Phi) is 28.5. The van der Waals surface area contributed by atoms with Crippen LogP contribution >= 0.6 is 0 Å². The Labute approximate surface area is 349 Å². The fraction of sp³-hybridized carbons (Fsp3) is 0.652. The van der Waals surface area contributed by atoms with Crippen LogP contribution in [-0.4, -0.2) is 57.7 Å². The summed E-state index contributed by atoms with van der Waals surface area (Å²) in [5.74, 6) is 0.130. The number of aliphatic hydroxyl groups is 1. The number of aliphatic hydroxyl groups excluding tert-OH is 1. The summed E-state index contributed by atoms with van der Waals surface area (Å²) in [6, 6.07) is 0. The van der Waals surface area contributed by atoms with Gasteiger partial charge in [0.2, 0.25) is 0 Å². The van der Waals surface area contributed by atoms with Gasteiger partial charge in [-0.3, -0.25) is 4.79 Å². The number of esters is 1. The molecule has 1 N–H and O–H groups in total. The van der Waals surface area contributed by atoms with E-state index in [1.165, 1.54) is 59.5 Å². The van der Waals surface area contributed by atoms with Crippen molar-refractivity contribution in [2.45, 2.75) is 172 Å². The highest BCUT2D eigenvalue weighted by atomic mass is 32.2. The van der Waals surface area contributed by atoms with E-state index in [0.717, 1.165) is 94.1 Å². The Hall–Kier alpha value is -3.22. The molecule has 334 valence electrons. The van der Waals surface area contributed by atoms with Crippen molar-refractivity contribution >= 4 is 21.9 Å². The topological polar surface area (TPSA) is 116 Å². The first-order valence-corrected chi connectivity index (χ1v) is 21.1. The molecule has 2 fully saturated rings. The normalized spacial score (nSPS) is 17.7. The molecular formula is C46H75F3O8S. The first-order valence-electron chi connectivity index (χ1n) is 19.7. The van der Waals surface area contributed by atoms with Gasteiger partial charge in [-0.05, 0) is 144 Å². The van der Waals surface area contributed by atoms with E-state index in [-0.39, 0.29) is 39.6 Å². The molecule has 0 aromatic heterocycles. The van der Waals surface area contributed by atoms with Crippen molar-refractivity contribution in [2.24, 2.45) is 0 Å². The molecule has 0 atom stereocenters. The van der Waals surface area contributed by atoms with E-state index in [2.05, 4.69) is 56.5 Å². The Morgan fingerprint density at radius 1 is 0.672 bits per heavy atom. The first-order chi connectivity index (χ1) is 26.2. The summed E-state index contributed by atoms with van der Waals surface area (Å²) in [7, 11) is -4.09. The Balaban J connectivity index is 0. The molecule has 1 saturated carbocycles. The van der Waals surface area contributed by atoms with E-state index >= 15 is 0 Å². The van der Waals surface area contributed by atoms with Gasteiger partial charge in [-0.15, -0.1) is 0 Å². The lowest BCUT2D eigenvalue weighted by Crippen LogP contribution is -2.25. The molecule has 0 bridgehead atoms. The zero-order valence-electron chi connectivity index (χ0n) is 35.3. The fourth-order valence-electron chi connectivity index (χ4n) is 6.16. The minimum atomic E-state index is -5.52. The molecule has 8 nitrogen and oxygen atoms in total. The van der Waals surface area contributed by atoms with Gasteiger partial charge >= 0.3 is 21.6 Å². The second-order valence-corrected chi connectivity index (χ2v) is 16.8. The third-order valence-electron chi connectivity index (χ3n) is 10.1. The minimum Gasteiger partial charge on any atom is -0.466 e. The van der Waals surface area contributed by atoms with Crippen molar-refractivity contribution in [3.8, 4) is 0 Å². The maximum atomic E-state index is 12.0. The molecule has 58 heavy (non-hydrogen) atoms. The lowest BCUT2D eigenvalue weighted by atomic mass is 9.91. The van der Waals surface area contributed by atoms with Crippen LogP contribution in [0, 0.1) is 0 Å². The van der Waals surface area contributed by atoms with E-state index < -0.39 is 15.6 Å². The quantitative estimate of drug-likeness (QED) is 0.129. The van der Waals surface area contributed by atoms with Crippen LogP contribution in [0.3, 0.4) is 0 Å². The highest BCUT2D eigenvalue weighted by molar-refractivity contribution is 7.87. The van der Waals surface area contributed by atoms with Gasteiger partial charge in [-0.25, -0.2) is 4.79 Å². The van der Waals surface area contributed by atoms with E-state index in [9.17, 15) is 31.2 Å². The molecule has 4 aliphatic carbocycles. The Morgan fingerprint density at radius 3 is 1.41 bits per heavy atom. The molecule has 1 heterocycles. The van der Waals surface area contributed by atoms with Crippen molar-refractivity contribution < 1.29 is 49.9 Å². The highest BCUT2D eigenvalue weighted by Gasteiger charge is 2.48. The molecule has 1 aliphatic heterocycles. The van der Waals surface area contributed by atoms with Crippen LogP contribution in [0.4, 0.5) is 13.2 Å². The van der Waals surface area contributed by atoms with Gasteiger partial charge in [-0.1, -0.05) is 71.6 Å². The third kappa shape index (κ3) is 22.2. The van der Waals surface area contributed by atoms with Crippen molar-refractivity contribution in [3.05, 3.63) is 79.7 Å². The highest BCUT2D eigenvalue weighted by Crippen LogP contribution is 2.32. The maximum absolute atomic E-state index is 12.0. The van der Waals surface area contributed by atoms with Crippen LogP contribution < -0.4 is 0 Å². The number of Topliss-reactive ketones (excluding diaryl/α,β-unsaturated/α-hetero) is 1. The van der Waals surface area contributed by atoms with Gasteiger partial charge < -0.3 is 18.8 Å². The number of rotatable bonds is 4. The summed E-state index contributed by atoms with van der Waals surface area (Å²) in [4.78, 5) is 21.9. The monoisotopic (exact) mass is 845 g/mol. The number of ketones is 1. The molecule has 0 aromatic rings. The second-order valence-electron chi connectivity index (χ2n) is 15.3. The van der Waals surface area contributed by atoms with Crippen LogP contribution in [0.25, 0.3) is 0 Å². The van der Waals surface area contributed by atoms with Gasteiger partial charge in [-0.2, -0.15) is 21.6 Å². The van der Waals surface area contributed by atoms with Gasteiger partial charge in [0.05, 0.1) is 13.7 Å². The molecule has 0 unspecified atom stereocenters. The lowest BCUT2D eigenvalue weighted by Gasteiger charge is -2.18. The molecule has 0 radical (unpaired) electrons. The number of allylic oxidation sites excluding steroid dienone is 12. The summed E-state index contributed by atoms with van der Waals surface area (Å²) >= 11 is 0. The molecule has 5 rings (SSSR count). The molecule has 5 aliphatic rings. The average molecular weight is 845 g/mol. The van der Waals surface area contributed by atoms with Crippen molar-refractivity contribution in [3.63, 3.8) is 0 Å². The van der Waals surface area contributed by atoms with Crippen molar-refractivity contribution in [1.82, 2.24) is 0 Å². The molecular weight excluding hydrogens is 770 g/mol. The number of hydrogen-bond donors (Lipinski definition) is 1. The molecule has 0 aromatic carbocycles. The van der Waals surface area contributed by atoms with Crippen molar-refractivity contribution in [1.29, 1.82) is 0 Å². The predicted octanol–water partition coefficient (Wildman–Crippen LogP) is 12.8. The summed E-state index contributed by atoms with van der Waals surface area (Å²) in [6.45, 7) is 18.9. The summed E-state index contributed by atoms with van der Waals surface area (Å²) in [5, 5.41) is 8.83. The number of methoxy groups -OCH3 is 1. The molecule has 12 heteroatoms. The molecule has 1 saturated heterocycles. The van der Waals surface area contributed by atoms with Crippen LogP contribution in [-0.2, 0) is 33.4 Å². The van der Waals surface area contributed by atoms with Crippen LogP contribution in [0.5, 0.6) is 0 Å². The summed E-state index contributed by atoms with van der Waals surface area (Å²) in [6.07, 6.45) is 18.8. The predicted molar refractivity (Wildman–Crippen MR) is 231 cm³/mol. The van der Waals surface area contributed by atoms with Gasteiger partial charge in [0.25, 0.3) is 0 Å². The van der Waals surface area contributed by atoms with E-state index in [4.69, 9.17) is 9.84 Å². The summed E-state index contributed by atoms with van der Waals surface area (Å²) < 4.78 is 71.3. The largest absolute Gasteiger partial charge is 0.534 e. The Bertz CT molecular complexity index is 1610. The zero-order chi connectivity index (χ0) is 42.5. The first kappa shape index (κ1) is 56.9. The summed E-state index contributed by atoms with van der Waals surface area (Å²) in [5.41, 5.74) is 7.58. The van der Waals surface area contributed by atoms with Gasteiger partial charge in [0.15, 0.2) is 0 Å².